The van der Waals surface area contributed by atoms with Gasteiger partial charge in [-0.2, -0.15) is 5.10 Å². The van der Waals surface area contributed by atoms with Crippen molar-refractivity contribution in [3.63, 3.8) is 0 Å². The van der Waals surface area contributed by atoms with Crippen molar-refractivity contribution in [2.45, 2.75) is 63.8 Å². The fourth-order valence-electron chi connectivity index (χ4n) is 3.99. The zero-order chi connectivity index (χ0) is 17.2. The van der Waals surface area contributed by atoms with Crippen molar-refractivity contribution < 1.29 is 0 Å². The van der Waals surface area contributed by atoms with Crippen LogP contribution in [0.2, 0.25) is 0 Å². The monoisotopic (exact) mass is 339 g/mol. The van der Waals surface area contributed by atoms with Gasteiger partial charge in [-0.1, -0.05) is 0 Å². The van der Waals surface area contributed by atoms with Gasteiger partial charge < -0.3 is 5.73 Å². The minimum atomic E-state index is 0.422. The summed E-state index contributed by atoms with van der Waals surface area (Å²) >= 11 is 0. The standard InChI is InChI=1S/C20H29N5/c1-25-19(12-15-2-3-15)17(13-23-25)18-10-11-22-20(24-18)9-6-14-4-7-16(21)8-5-14/h10-11,13-16H,2-9,12,21H2,1H3. The van der Waals surface area contributed by atoms with Crippen LogP contribution in [-0.4, -0.2) is 25.8 Å². The Morgan fingerprint density at radius 2 is 1.88 bits per heavy atom. The van der Waals surface area contributed by atoms with E-state index in [1.54, 1.807) is 0 Å². The van der Waals surface area contributed by atoms with Crippen molar-refractivity contribution in [2.24, 2.45) is 24.6 Å². The summed E-state index contributed by atoms with van der Waals surface area (Å²) in [4.78, 5) is 9.37. The Labute approximate surface area is 150 Å². The summed E-state index contributed by atoms with van der Waals surface area (Å²) in [6, 6.07) is 2.45. The highest BCUT2D eigenvalue weighted by Crippen LogP contribution is 2.35. The van der Waals surface area contributed by atoms with E-state index in [0.29, 0.717) is 6.04 Å². The predicted molar refractivity (Wildman–Crippen MR) is 98.9 cm³/mol. The van der Waals surface area contributed by atoms with Crippen LogP contribution in [0.4, 0.5) is 0 Å². The minimum absolute atomic E-state index is 0.422. The van der Waals surface area contributed by atoms with Crippen molar-refractivity contribution in [3.05, 3.63) is 30.0 Å². The molecule has 0 saturated heterocycles. The van der Waals surface area contributed by atoms with Crippen LogP contribution in [0.5, 0.6) is 0 Å². The number of aromatic nitrogens is 4. The summed E-state index contributed by atoms with van der Waals surface area (Å²) < 4.78 is 2.01. The largest absolute Gasteiger partial charge is 0.328 e. The van der Waals surface area contributed by atoms with Crippen molar-refractivity contribution in [1.29, 1.82) is 0 Å². The van der Waals surface area contributed by atoms with Gasteiger partial charge in [0.1, 0.15) is 5.82 Å². The molecule has 0 atom stereocenters. The van der Waals surface area contributed by atoms with Gasteiger partial charge in [-0.05, 0) is 69.3 Å². The summed E-state index contributed by atoms with van der Waals surface area (Å²) in [5, 5.41) is 4.47. The zero-order valence-corrected chi connectivity index (χ0v) is 15.2. The average molecular weight is 339 g/mol. The van der Waals surface area contributed by atoms with Gasteiger partial charge in [0.25, 0.3) is 0 Å². The van der Waals surface area contributed by atoms with E-state index in [0.717, 1.165) is 36.2 Å². The van der Waals surface area contributed by atoms with E-state index >= 15 is 0 Å². The Bertz CT molecular complexity index is 711. The summed E-state index contributed by atoms with van der Waals surface area (Å²) in [7, 11) is 2.04. The first-order chi connectivity index (χ1) is 12.2. The highest BCUT2D eigenvalue weighted by molar-refractivity contribution is 5.61. The molecule has 0 aliphatic heterocycles. The first-order valence-corrected chi connectivity index (χ1v) is 9.78. The molecule has 0 amide bonds. The molecule has 2 aliphatic rings. The summed E-state index contributed by atoms with van der Waals surface area (Å²) in [5.41, 5.74) is 9.53. The molecule has 2 N–H and O–H groups in total. The maximum Gasteiger partial charge on any atom is 0.128 e. The zero-order valence-electron chi connectivity index (χ0n) is 15.2. The van der Waals surface area contributed by atoms with Crippen molar-refractivity contribution in [1.82, 2.24) is 19.7 Å². The number of hydrogen-bond donors (Lipinski definition) is 1. The highest BCUT2D eigenvalue weighted by Gasteiger charge is 2.25. The number of hydrogen-bond acceptors (Lipinski definition) is 4. The van der Waals surface area contributed by atoms with Crippen LogP contribution in [-0.2, 0) is 19.9 Å². The topological polar surface area (TPSA) is 69.6 Å². The van der Waals surface area contributed by atoms with E-state index in [-0.39, 0.29) is 0 Å². The van der Waals surface area contributed by atoms with E-state index in [1.165, 1.54) is 56.2 Å². The molecule has 2 fully saturated rings. The van der Waals surface area contributed by atoms with Crippen molar-refractivity contribution >= 4 is 0 Å². The van der Waals surface area contributed by atoms with Crippen LogP contribution in [0.25, 0.3) is 11.3 Å². The van der Waals surface area contributed by atoms with Crippen LogP contribution >= 0.6 is 0 Å². The fourth-order valence-corrected chi connectivity index (χ4v) is 3.99. The number of nitrogens with two attached hydrogens (primary N) is 1. The predicted octanol–water partition coefficient (Wildman–Crippen LogP) is 3.28. The second kappa shape index (κ2) is 7.24. The van der Waals surface area contributed by atoms with E-state index < -0.39 is 0 Å². The Morgan fingerprint density at radius 1 is 1.12 bits per heavy atom. The lowest BCUT2D eigenvalue weighted by molar-refractivity contribution is 0.309. The molecular weight excluding hydrogens is 310 g/mol. The molecule has 0 spiro atoms. The molecule has 134 valence electrons. The molecule has 0 bridgehead atoms. The second-order valence-electron chi connectivity index (χ2n) is 7.95. The van der Waals surface area contributed by atoms with Gasteiger partial charge in [0.2, 0.25) is 0 Å². The number of aryl methyl sites for hydroxylation is 2. The third kappa shape index (κ3) is 4.09. The lowest BCUT2D eigenvalue weighted by atomic mass is 9.84. The van der Waals surface area contributed by atoms with Crippen LogP contribution in [0, 0.1) is 11.8 Å². The van der Waals surface area contributed by atoms with Gasteiger partial charge >= 0.3 is 0 Å². The van der Waals surface area contributed by atoms with Gasteiger partial charge in [-0.3, -0.25) is 4.68 Å². The van der Waals surface area contributed by atoms with Gasteiger partial charge in [0.15, 0.2) is 0 Å². The first kappa shape index (κ1) is 16.7. The molecule has 2 aromatic rings. The molecule has 0 aromatic carbocycles. The van der Waals surface area contributed by atoms with E-state index in [1.807, 2.05) is 30.2 Å². The molecule has 2 heterocycles. The smallest absolute Gasteiger partial charge is 0.128 e. The van der Waals surface area contributed by atoms with Gasteiger partial charge in [0.05, 0.1) is 11.9 Å². The lowest BCUT2D eigenvalue weighted by Gasteiger charge is -2.25. The molecule has 0 radical (unpaired) electrons. The Morgan fingerprint density at radius 3 is 2.64 bits per heavy atom. The molecule has 2 saturated carbocycles. The Balaban J connectivity index is 1.44. The van der Waals surface area contributed by atoms with Gasteiger partial charge in [-0.25, -0.2) is 9.97 Å². The van der Waals surface area contributed by atoms with Crippen LogP contribution in [0.1, 0.15) is 56.5 Å². The summed E-state index contributed by atoms with van der Waals surface area (Å²) in [5.74, 6) is 2.60. The normalized spacial score (nSPS) is 23.8. The van der Waals surface area contributed by atoms with E-state index in [4.69, 9.17) is 10.7 Å². The van der Waals surface area contributed by atoms with E-state index in [9.17, 15) is 0 Å². The SMILES string of the molecule is Cn1ncc(-c2ccnc(CCC3CCC(N)CC3)n2)c1CC1CC1. The Kier molecular flexibility index (Phi) is 4.84. The molecule has 25 heavy (non-hydrogen) atoms. The molecule has 2 aliphatic carbocycles. The maximum absolute atomic E-state index is 6.01. The lowest BCUT2D eigenvalue weighted by Crippen LogP contribution is -2.26. The van der Waals surface area contributed by atoms with Crippen molar-refractivity contribution in [2.75, 3.05) is 0 Å². The first-order valence-electron chi connectivity index (χ1n) is 9.78. The minimum Gasteiger partial charge on any atom is -0.328 e. The third-order valence-electron chi connectivity index (χ3n) is 5.89. The second-order valence-corrected chi connectivity index (χ2v) is 7.95. The molecule has 5 nitrogen and oxygen atoms in total. The van der Waals surface area contributed by atoms with Crippen molar-refractivity contribution in [3.8, 4) is 11.3 Å². The van der Waals surface area contributed by atoms with E-state index in [2.05, 4.69) is 10.1 Å². The van der Waals surface area contributed by atoms with Crippen LogP contribution < -0.4 is 5.73 Å². The Hall–Kier alpha value is -1.75. The third-order valence-corrected chi connectivity index (χ3v) is 5.89. The molecule has 4 rings (SSSR count). The van der Waals surface area contributed by atoms with Gasteiger partial charge in [0, 0.05) is 37.0 Å². The highest BCUT2D eigenvalue weighted by atomic mass is 15.3. The molecule has 2 aromatic heterocycles. The fraction of sp³-hybridized carbons (Fsp3) is 0.650. The van der Waals surface area contributed by atoms with Gasteiger partial charge in [-0.15, -0.1) is 0 Å². The summed E-state index contributed by atoms with van der Waals surface area (Å²) in [6.45, 7) is 0. The number of rotatable bonds is 6. The molecular formula is C20H29N5. The quantitative estimate of drug-likeness (QED) is 0.877. The molecule has 5 heteroatoms. The summed E-state index contributed by atoms with van der Waals surface area (Å²) in [6.07, 6.45) is 14.7. The van der Waals surface area contributed by atoms with Crippen LogP contribution in [0.15, 0.2) is 18.5 Å². The number of nitrogens with zero attached hydrogens (tertiary/aromatic N) is 4. The maximum atomic E-state index is 6.01. The average Bonchev–Trinajstić information content (AvgIpc) is 3.37. The van der Waals surface area contributed by atoms with Crippen LogP contribution in [0.3, 0.4) is 0 Å². The molecule has 0 unspecified atom stereocenters.